The lowest BCUT2D eigenvalue weighted by Crippen LogP contribution is -2.36. The van der Waals surface area contributed by atoms with Gasteiger partial charge in [0.15, 0.2) is 5.82 Å². The highest BCUT2D eigenvalue weighted by atomic mass is 31.2. The van der Waals surface area contributed by atoms with Crippen molar-refractivity contribution in [3.63, 3.8) is 0 Å². The fourth-order valence-electron chi connectivity index (χ4n) is 4.77. The van der Waals surface area contributed by atoms with Crippen LogP contribution >= 0.6 is 7.75 Å². The van der Waals surface area contributed by atoms with Crippen LogP contribution in [0.15, 0.2) is 84.9 Å². The van der Waals surface area contributed by atoms with Crippen LogP contribution in [0.2, 0.25) is 0 Å². The second-order valence-electron chi connectivity index (χ2n) is 10.2. The van der Waals surface area contributed by atoms with Gasteiger partial charge in [0, 0.05) is 12.0 Å². The van der Waals surface area contributed by atoms with Gasteiger partial charge in [-0.05, 0) is 44.5 Å². The molecule has 11 nitrogen and oxygen atoms in total. The highest BCUT2D eigenvalue weighted by molar-refractivity contribution is 7.52. The van der Waals surface area contributed by atoms with Crippen LogP contribution in [0.1, 0.15) is 32.2 Å². The summed E-state index contributed by atoms with van der Waals surface area (Å²) in [4.78, 5) is 22.1. The molecule has 44 heavy (non-hydrogen) atoms. The molecule has 2 aromatic heterocycles. The van der Waals surface area contributed by atoms with E-state index in [0.717, 1.165) is 22.0 Å². The summed E-state index contributed by atoms with van der Waals surface area (Å²) >= 11 is 0. The summed E-state index contributed by atoms with van der Waals surface area (Å²) in [6.45, 7) is 6.24. The van der Waals surface area contributed by atoms with Crippen molar-refractivity contribution in [2.75, 3.05) is 12.3 Å². The first-order valence-electron chi connectivity index (χ1n) is 14.4. The molecule has 5 aromatic rings. The molecule has 0 amide bonds. The number of esters is 1. The fourth-order valence-corrected chi connectivity index (χ4v) is 6.45. The summed E-state index contributed by atoms with van der Waals surface area (Å²) < 4.78 is 39.4. The number of carbonyl (C=O) groups excluding carboxylic acids is 1. The van der Waals surface area contributed by atoms with Gasteiger partial charge in [0.05, 0.1) is 23.7 Å². The van der Waals surface area contributed by atoms with Crippen molar-refractivity contribution in [1.82, 2.24) is 19.6 Å². The Labute approximate surface area is 255 Å². The van der Waals surface area contributed by atoms with Crippen LogP contribution in [0, 0.1) is 0 Å². The molecule has 0 spiro atoms. The number of fused-ring (bicyclic) bond motifs is 3. The predicted octanol–water partition coefficient (Wildman–Crippen LogP) is 6.02. The number of nitrogen functional groups attached to an aromatic ring is 1. The molecule has 0 aliphatic carbocycles. The number of nitrogens with one attached hydrogen (secondary N) is 1. The third-order valence-electron chi connectivity index (χ3n) is 6.78. The van der Waals surface area contributed by atoms with Gasteiger partial charge in [-0.2, -0.15) is 5.09 Å². The molecule has 5 rings (SSSR count). The minimum atomic E-state index is -4.13. The summed E-state index contributed by atoms with van der Waals surface area (Å²) in [6.07, 6.45) is -0.685. The zero-order valence-electron chi connectivity index (χ0n) is 24.9. The molecule has 0 unspecified atom stereocenters. The van der Waals surface area contributed by atoms with Crippen molar-refractivity contribution < 1.29 is 27.9 Å². The van der Waals surface area contributed by atoms with E-state index in [4.69, 9.17) is 29.2 Å². The summed E-state index contributed by atoms with van der Waals surface area (Å²) in [7, 11) is -4.13. The molecule has 0 fully saturated rings. The van der Waals surface area contributed by atoms with E-state index in [2.05, 4.69) is 10.1 Å². The summed E-state index contributed by atoms with van der Waals surface area (Å²) in [6, 6.07) is 24.6. The van der Waals surface area contributed by atoms with Gasteiger partial charge in [0.1, 0.15) is 36.3 Å². The van der Waals surface area contributed by atoms with Crippen LogP contribution in [0.3, 0.4) is 0 Å². The Morgan fingerprint density at radius 3 is 2.36 bits per heavy atom. The predicted molar refractivity (Wildman–Crippen MR) is 169 cm³/mol. The van der Waals surface area contributed by atoms with E-state index >= 15 is 0 Å². The van der Waals surface area contributed by atoms with E-state index in [1.54, 1.807) is 38.1 Å². The maximum absolute atomic E-state index is 14.3. The first-order valence-corrected chi connectivity index (χ1v) is 15.9. The maximum Gasteiger partial charge on any atom is 0.459 e. The molecule has 0 saturated carbocycles. The van der Waals surface area contributed by atoms with Gasteiger partial charge in [-0.1, -0.05) is 66.7 Å². The third kappa shape index (κ3) is 7.43. The number of pyridine rings is 1. The Morgan fingerprint density at radius 2 is 1.64 bits per heavy atom. The van der Waals surface area contributed by atoms with Crippen molar-refractivity contribution in [1.29, 1.82) is 0 Å². The van der Waals surface area contributed by atoms with E-state index in [0.29, 0.717) is 29.5 Å². The number of anilines is 1. The number of hydrogen-bond donors (Lipinski definition) is 2. The Bertz CT molecular complexity index is 1770. The molecule has 3 aromatic carbocycles. The minimum absolute atomic E-state index is 0.0784. The molecule has 0 aliphatic rings. The van der Waals surface area contributed by atoms with Crippen LogP contribution in [0.5, 0.6) is 5.75 Å². The molecule has 0 aliphatic heterocycles. The van der Waals surface area contributed by atoms with Crippen LogP contribution < -0.4 is 15.3 Å². The highest BCUT2D eigenvalue weighted by Crippen LogP contribution is 2.46. The molecule has 0 bridgehead atoms. The van der Waals surface area contributed by atoms with Crippen molar-refractivity contribution >= 4 is 41.5 Å². The van der Waals surface area contributed by atoms with E-state index in [9.17, 15) is 9.36 Å². The van der Waals surface area contributed by atoms with Gasteiger partial charge < -0.3 is 24.3 Å². The second kappa shape index (κ2) is 14.0. The molecule has 230 valence electrons. The van der Waals surface area contributed by atoms with Gasteiger partial charge in [-0.25, -0.2) is 14.5 Å². The largest absolute Gasteiger partial charge is 0.460 e. The van der Waals surface area contributed by atoms with Gasteiger partial charge in [-0.15, -0.1) is 0 Å². The Morgan fingerprint density at radius 1 is 0.955 bits per heavy atom. The highest BCUT2D eigenvalue weighted by Gasteiger charge is 2.34. The average Bonchev–Trinajstić information content (AvgIpc) is 3.38. The number of ether oxygens (including phenoxy) is 2. The molecular formula is C32H36N5O6P. The Hall–Kier alpha value is -4.28. The standard InChI is InChI=1S/C32H36N5O6P/c1-4-40-21-28-35-29-30(26-17-11-12-18-27(26)34-31(29)33)37(28)19-22(2)42-44(39,43-25-15-9-6-10-16-25)36-23(3)32(38)41-20-24-13-7-5-8-14-24/h5-18,22-23H,4,19-21H2,1-3H3,(H2,33,34)(H,36,39)/t22-,23+,44+/m1/s1. The number of nitrogens with two attached hydrogens (primary N) is 1. The summed E-state index contributed by atoms with van der Waals surface area (Å²) in [5.41, 5.74) is 9.18. The first-order chi connectivity index (χ1) is 21.3. The minimum Gasteiger partial charge on any atom is -0.460 e. The number of rotatable bonds is 14. The van der Waals surface area contributed by atoms with Crippen molar-refractivity contribution in [2.24, 2.45) is 0 Å². The van der Waals surface area contributed by atoms with E-state index in [1.165, 1.54) is 0 Å². The lowest BCUT2D eigenvalue weighted by atomic mass is 10.2. The number of benzene rings is 3. The van der Waals surface area contributed by atoms with E-state index in [-0.39, 0.29) is 19.8 Å². The maximum atomic E-state index is 14.3. The Balaban J connectivity index is 1.41. The fraction of sp³-hybridized carbons (Fsp3) is 0.281. The number of nitrogens with zero attached hydrogens (tertiary/aromatic N) is 3. The molecule has 0 radical (unpaired) electrons. The second-order valence-corrected chi connectivity index (χ2v) is 11.9. The van der Waals surface area contributed by atoms with Gasteiger partial charge in [-0.3, -0.25) is 9.32 Å². The normalized spacial score (nSPS) is 14.2. The number of para-hydroxylation sites is 2. The third-order valence-corrected chi connectivity index (χ3v) is 8.57. The van der Waals surface area contributed by atoms with Crippen molar-refractivity contribution in [3.05, 3.63) is 96.3 Å². The molecule has 3 atom stereocenters. The number of imidazole rings is 1. The smallest absolute Gasteiger partial charge is 0.459 e. The van der Waals surface area contributed by atoms with Crippen molar-refractivity contribution in [3.8, 4) is 5.75 Å². The molecule has 2 heterocycles. The molecule has 12 heteroatoms. The number of aromatic nitrogens is 3. The summed E-state index contributed by atoms with van der Waals surface area (Å²) in [5.74, 6) is 0.629. The SMILES string of the molecule is CCOCc1nc2c(N)nc3ccccc3c2n1C[C@@H](C)O[P@@](=O)(N[C@@H](C)C(=O)OCc1ccccc1)Oc1ccccc1. The topological polar surface area (TPSA) is 140 Å². The van der Waals surface area contributed by atoms with Crippen molar-refractivity contribution in [2.45, 2.75) is 52.7 Å². The zero-order chi connectivity index (χ0) is 31.1. The zero-order valence-corrected chi connectivity index (χ0v) is 25.8. The quantitative estimate of drug-likeness (QED) is 0.112. The van der Waals surface area contributed by atoms with Crippen LogP contribution in [-0.2, 0) is 43.1 Å². The molecule has 0 saturated heterocycles. The van der Waals surface area contributed by atoms with Gasteiger partial charge in [0.2, 0.25) is 0 Å². The van der Waals surface area contributed by atoms with Gasteiger partial charge >= 0.3 is 13.7 Å². The van der Waals surface area contributed by atoms with Crippen LogP contribution in [0.25, 0.3) is 21.9 Å². The van der Waals surface area contributed by atoms with E-state index in [1.807, 2.05) is 72.2 Å². The van der Waals surface area contributed by atoms with E-state index < -0.39 is 25.9 Å². The summed E-state index contributed by atoms with van der Waals surface area (Å²) in [5, 5.41) is 3.63. The first kappa shape index (κ1) is 31.2. The Kier molecular flexibility index (Phi) is 9.92. The lowest BCUT2D eigenvalue weighted by molar-refractivity contribution is -0.146. The number of carbonyl (C=O) groups is 1. The lowest BCUT2D eigenvalue weighted by Gasteiger charge is -2.26. The monoisotopic (exact) mass is 617 g/mol. The number of hydrogen-bond acceptors (Lipinski definition) is 9. The average molecular weight is 618 g/mol. The van der Waals surface area contributed by atoms with Crippen LogP contribution in [-0.4, -0.2) is 39.3 Å². The van der Waals surface area contributed by atoms with Crippen LogP contribution in [0.4, 0.5) is 5.82 Å². The van der Waals surface area contributed by atoms with Gasteiger partial charge in [0.25, 0.3) is 0 Å². The molecular weight excluding hydrogens is 581 g/mol. The molecule has 3 N–H and O–H groups in total.